The Hall–Kier alpha value is 0.259. The van der Waals surface area contributed by atoms with Crippen molar-refractivity contribution in [2.75, 3.05) is 37.1 Å². The van der Waals surface area contributed by atoms with Crippen LogP contribution in [0.2, 0.25) is 4.44 Å². The molecule has 0 N–H and O–H groups in total. The van der Waals surface area contributed by atoms with Crippen molar-refractivity contribution in [3.63, 3.8) is 0 Å². The van der Waals surface area contributed by atoms with E-state index < -0.39 is 0 Å². The molecule has 6 nitrogen and oxygen atoms in total. The monoisotopic (exact) mass is 846 g/mol. The Kier molecular flexibility index (Phi) is 54.2. The Bertz CT molecular complexity index is 590. The second-order valence-electron chi connectivity index (χ2n) is 12.3. The van der Waals surface area contributed by atoms with Crippen molar-refractivity contribution in [3.05, 3.63) is 0 Å². The number of carbonyl (C=O) groups excluding carboxylic acids is 3. The molecule has 0 aliphatic rings. The van der Waals surface area contributed by atoms with Crippen LogP contribution in [0.5, 0.6) is 0 Å². The SMILES string of the molecule is CCCCC(CC)COC(=O)CS.CCCCC(CC)COC(=O)CS.CCCCC(CC)COC(=O)CS.CCCCCCC[CH2][SnH]. The van der Waals surface area contributed by atoms with Gasteiger partial charge in [-0.05, 0) is 37.0 Å². The molecule has 0 spiro atoms. The van der Waals surface area contributed by atoms with E-state index >= 15 is 0 Å². The van der Waals surface area contributed by atoms with E-state index in [-0.39, 0.29) is 35.2 Å². The summed E-state index contributed by atoms with van der Waals surface area (Å²) in [6, 6.07) is 0. The van der Waals surface area contributed by atoms with Gasteiger partial charge in [0.2, 0.25) is 0 Å². The standard InChI is InChI=1S/3C10H20O2S.C8H17.Sn.H/c3*1-3-5-6-9(4-2)7-12-10(11)8-13;1-3-5-7-8-6-4-2;;/h3*9,13H,3-8H2,1-2H3;1,3-8H2,2H3;;. The van der Waals surface area contributed by atoms with Crippen LogP contribution in [0.4, 0.5) is 0 Å². The normalized spacial score (nSPS) is 12.1. The molecule has 0 bridgehead atoms. The molecule has 3 atom stereocenters. The van der Waals surface area contributed by atoms with Gasteiger partial charge in [-0.2, -0.15) is 37.9 Å². The summed E-state index contributed by atoms with van der Waals surface area (Å²) < 4.78 is 16.6. The van der Waals surface area contributed by atoms with E-state index in [2.05, 4.69) is 86.4 Å². The third-order valence-electron chi connectivity index (χ3n) is 8.01. The van der Waals surface area contributed by atoms with Gasteiger partial charge in [0.15, 0.2) is 0 Å². The molecule has 10 heteroatoms. The molecule has 48 heavy (non-hydrogen) atoms. The molecule has 3 unspecified atom stereocenters. The summed E-state index contributed by atoms with van der Waals surface area (Å²) in [5, 5.41) is 0. The van der Waals surface area contributed by atoms with Crippen molar-refractivity contribution >= 4 is 78.3 Å². The van der Waals surface area contributed by atoms with E-state index in [9.17, 15) is 14.4 Å². The third-order valence-corrected chi connectivity index (χ3v) is 9.95. The van der Waals surface area contributed by atoms with Crippen LogP contribution in [0.3, 0.4) is 0 Å². The third kappa shape index (κ3) is 46.3. The Morgan fingerprint density at radius 3 is 0.958 bits per heavy atom. The van der Waals surface area contributed by atoms with Gasteiger partial charge in [0.1, 0.15) is 0 Å². The number of hydrogen-bond donors (Lipinski definition) is 3. The molecule has 288 valence electrons. The second-order valence-corrected chi connectivity index (χ2v) is 14.9. The first-order chi connectivity index (χ1) is 23.1. The van der Waals surface area contributed by atoms with Crippen LogP contribution in [0.1, 0.15) is 164 Å². The van der Waals surface area contributed by atoms with Gasteiger partial charge < -0.3 is 14.2 Å². The van der Waals surface area contributed by atoms with Crippen LogP contribution >= 0.6 is 37.9 Å². The molecule has 0 saturated heterocycles. The Balaban J connectivity index is -0.000000271. The van der Waals surface area contributed by atoms with Crippen molar-refractivity contribution in [2.45, 2.75) is 168 Å². The molecular formula is C38H78O6S3Sn. The van der Waals surface area contributed by atoms with Gasteiger partial charge in [-0.25, -0.2) is 0 Å². The first kappa shape index (κ1) is 55.0. The van der Waals surface area contributed by atoms with E-state index in [1.807, 2.05) is 0 Å². The molecule has 0 aliphatic heterocycles. The molecule has 0 rings (SSSR count). The van der Waals surface area contributed by atoms with Gasteiger partial charge in [0, 0.05) is 0 Å². The molecular weight excluding hydrogens is 767 g/mol. The predicted molar refractivity (Wildman–Crippen MR) is 220 cm³/mol. The first-order valence-corrected chi connectivity index (χ1v) is 23.4. The average Bonchev–Trinajstić information content (AvgIpc) is 3.12. The minimum absolute atomic E-state index is 0.185. The molecule has 0 fully saturated rings. The zero-order valence-electron chi connectivity index (χ0n) is 32.3. The summed E-state index contributed by atoms with van der Waals surface area (Å²) in [5.74, 6) is 1.52. The van der Waals surface area contributed by atoms with Gasteiger partial charge >= 0.3 is 90.3 Å². The van der Waals surface area contributed by atoms with Crippen molar-refractivity contribution < 1.29 is 28.6 Å². The van der Waals surface area contributed by atoms with Crippen LogP contribution in [0.25, 0.3) is 0 Å². The summed E-state index contributed by atoms with van der Waals surface area (Å²) in [5.41, 5.74) is 0. The van der Waals surface area contributed by atoms with Crippen LogP contribution in [-0.2, 0) is 28.6 Å². The zero-order valence-corrected chi connectivity index (χ0v) is 38.3. The molecule has 0 aromatic carbocycles. The number of hydrogen-bond acceptors (Lipinski definition) is 9. The van der Waals surface area contributed by atoms with E-state index in [4.69, 9.17) is 14.2 Å². The topological polar surface area (TPSA) is 78.9 Å². The van der Waals surface area contributed by atoms with Crippen molar-refractivity contribution in [2.24, 2.45) is 17.8 Å². The van der Waals surface area contributed by atoms with Crippen molar-refractivity contribution in [3.8, 4) is 0 Å². The maximum absolute atomic E-state index is 10.8. The molecule has 2 radical (unpaired) electrons. The van der Waals surface area contributed by atoms with Crippen molar-refractivity contribution in [1.29, 1.82) is 0 Å². The number of rotatable bonds is 27. The van der Waals surface area contributed by atoms with Gasteiger partial charge in [0.05, 0.1) is 37.1 Å². The number of thiol groups is 3. The zero-order chi connectivity index (χ0) is 37.3. The first-order valence-electron chi connectivity index (χ1n) is 19.1. The number of ether oxygens (including phenoxy) is 3. The molecule has 0 heterocycles. The van der Waals surface area contributed by atoms with E-state index in [0.29, 0.717) is 37.6 Å². The fourth-order valence-corrected chi connectivity index (χ4v) is 5.49. The van der Waals surface area contributed by atoms with Crippen LogP contribution < -0.4 is 0 Å². The fraction of sp³-hybridized carbons (Fsp3) is 0.921. The average molecular weight is 846 g/mol. The van der Waals surface area contributed by atoms with E-state index in [1.165, 1.54) is 104 Å². The molecule has 0 saturated carbocycles. The Morgan fingerprint density at radius 2 is 0.729 bits per heavy atom. The van der Waals surface area contributed by atoms with Crippen LogP contribution in [0.15, 0.2) is 0 Å². The summed E-state index contributed by atoms with van der Waals surface area (Å²) >= 11 is 13.0. The molecule has 0 amide bonds. The van der Waals surface area contributed by atoms with E-state index in [1.54, 1.807) is 0 Å². The summed E-state index contributed by atoms with van der Waals surface area (Å²) in [6.07, 6.45) is 22.8. The minimum atomic E-state index is -0.210. The molecule has 0 aromatic heterocycles. The van der Waals surface area contributed by atoms with Crippen LogP contribution in [-0.4, -0.2) is 77.5 Å². The van der Waals surface area contributed by atoms with Gasteiger partial charge in [-0.3, -0.25) is 14.4 Å². The van der Waals surface area contributed by atoms with Gasteiger partial charge in [0.25, 0.3) is 0 Å². The summed E-state index contributed by atoms with van der Waals surface area (Å²) in [6.45, 7) is 16.9. The summed E-state index contributed by atoms with van der Waals surface area (Å²) in [7, 11) is 0. The maximum atomic E-state index is 10.8. The van der Waals surface area contributed by atoms with E-state index in [0.717, 1.165) is 38.5 Å². The Morgan fingerprint density at radius 1 is 0.458 bits per heavy atom. The van der Waals surface area contributed by atoms with Crippen molar-refractivity contribution in [1.82, 2.24) is 0 Å². The van der Waals surface area contributed by atoms with Crippen LogP contribution in [0, 0.1) is 17.8 Å². The second kappa shape index (κ2) is 47.3. The summed E-state index contributed by atoms with van der Waals surface area (Å²) in [4.78, 5) is 32.4. The van der Waals surface area contributed by atoms with Gasteiger partial charge in [-0.15, -0.1) is 0 Å². The number of carbonyl (C=O) groups is 3. The van der Waals surface area contributed by atoms with Gasteiger partial charge in [-0.1, -0.05) is 99.3 Å². The fourth-order valence-electron chi connectivity index (χ4n) is 4.39. The number of esters is 3. The Labute approximate surface area is 328 Å². The predicted octanol–water partition coefficient (Wildman–Crippen LogP) is 10.7. The molecule has 0 aliphatic carbocycles. The quantitative estimate of drug-likeness (QED) is 0.0251. The molecule has 0 aromatic rings. The number of unbranched alkanes of at least 4 members (excludes halogenated alkanes) is 8.